The van der Waals surface area contributed by atoms with Crippen LogP contribution in [0, 0.1) is 6.92 Å². The van der Waals surface area contributed by atoms with Crippen LogP contribution >= 0.6 is 15.9 Å². The Labute approximate surface area is 182 Å². The highest BCUT2D eigenvalue weighted by Gasteiger charge is 2.42. The van der Waals surface area contributed by atoms with E-state index in [-0.39, 0.29) is 17.9 Å². The molecule has 0 N–H and O–H groups in total. The zero-order valence-corrected chi connectivity index (χ0v) is 19.7. The molecule has 1 aromatic carbocycles. The lowest BCUT2D eigenvalue weighted by atomic mass is 9.99. The molecule has 0 radical (unpaired) electrons. The van der Waals surface area contributed by atoms with Gasteiger partial charge in [-0.05, 0) is 72.3 Å². The Kier molecular flexibility index (Phi) is 6.99. The van der Waals surface area contributed by atoms with Crippen molar-refractivity contribution in [2.45, 2.75) is 78.7 Å². The summed E-state index contributed by atoms with van der Waals surface area (Å²) in [5, 5.41) is 0. The van der Waals surface area contributed by atoms with Crippen LogP contribution in [0.15, 0.2) is 28.7 Å². The number of rotatable bonds is 8. The Morgan fingerprint density at radius 1 is 1.17 bits per heavy atom. The van der Waals surface area contributed by atoms with Crippen LogP contribution in [0.1, 0.15) is 76.1 Å². The van der Waals surface area contributed by atoms with E-state index in [1.54, 1.807) is 0 Å². The molecule has 29 heavy (non-hydrogen) atoms. The average molecular weight is 459 g/mol. The van der Waals surface area contributed by atoms with Crippen molar-refractivity contribution in [2.75, 3.05) is 4.90 Å². The van der Waals surface area contributed by atoms with E-state index in [2.05, 4.69) is 55.8 Å². The maximum absolute atomic E-state index is 13.3. The van der Waals surface area contributed by atoms with Gasteiger partial charge in [-0.1, -0.05) is 40.2 Å². The highest BCUT2D eigenvalue weighted by Crippen LogP contribution is 2.47. The maximum Gasteiger partial charge on any atom is 0.235 e. The summed E-state index contributed by atoms with van der Waals surface area (Å²) < 4.78 is 7.22. The topological polar surface area (TPSA) is 42.4 Å². The first-order valence-corrected chi connectivity index (χ1v) is 11.5. The van der Waals surface area contributed by atoms with Gasteiger partial charge in [0.1, 0.15) is 5.75 Å². The number of fused-ring (bicyclic) bond motifs is 1. The Morgan fingerprint density at radius 2 is 1.90 bits per heavy atom. The van der Waals surface area contributed by atoms with Gasteiger partial charge in [0, 0.05) is 11.7 Å². The Balaban J connectivity index is 2.06. The molecule has 0 saturated heterocycles. The summed E-state index contributed by atoms with van der Waals surface area (Å²) in [6, 6.07) is 8.43. The number of hydrogen-bond acceptors (Lipinski definition) is 3. The Morgan fingerprint density at radius 3 is 2.48 bits per heavy atom. The van der Waals surface area contributed by atoms with Crippen LogP contribution < -0.4 is 9.64 Å². The van der Waals surface area contributed by atoms with E-state index in [0.29, 0.717) is 5.88 Å². The molecule has 1 atom stereocenters. The molecule has 1 amide bonds. The number of benzene rings is 1. The molecule has 5 heteroatoms. The highest BCUT2D eigenvalue weighted by atomic mass is 79.9. The number of halogens is 1. The second-order valence-electron chi connectivity index (χ2n) is 7.76. The minimum Gasteiger partial charge on any atom is -0.437 e. The summed E-state index contributed by atoms with van der Waals surface area (Å²) in [5.41, 5.74) is 4.03. The van der Waals surface area contributed by atoms with Crippen LogP contribution in [-0.2, 0) is 11.2 Å². The molecule has 1 unspecified atom stereocenters. The third-order valence-electron chi connectivity index (χ3n) is 5.73. The first-order chi connectivity index (χ1) is 13.9. The number of hydrogen-bond donors (Lipinski definition) is 0. The number of anilines is 1. The number of aryl methyl sites for hydroxylation is 2. The molecule has 0 bridgehead atoms. The largest absolute Gasteiger partial charge is 0.437 e. The summed E-state index contributed by atoms with van der Waals surface area (Å²) in [4.78, 5) is 20.0. The summed E-state index contributed by atoms with van der Waals surface area (Å²) in [6.07, 6.45) is 4.74. The van der Waals surface area contributed by atoms with E-state index in [0.717, 1.165) is 59.3 Å². The van der Waals surface area contributed by atoms with Crippen molar-refractivity contribution in [3.63, 3.8) is 0 Å². The van der Waals surface area contributed by atoms with E-state index in [1.807, 2.05) is 24.0 Å². The van der Waals surface area contributed by atoms with Gasteiger partial charge in [0.15, 0.2) is 0 Å². The quantitative estimate of drug-likeness (QED) is 0.430. The molecule has 1 aliphatic heterocycles. The number of aromatic nitrogens is 1. The van der Waals surface area contributed by atoms with Crippen molar-refractivity contribution in [3.8, 4) is 11.6 Å². The van der Waals surface area contributed by atoms with Crippen molar-refractivity contribution in [3.05, 3.63) is 45.6 Å². The zero-order chi connectivity index (χ0) is 21.1. The van der Waals surface area contributed by atoms with Crippen LogP contribution in [0.2, 0.25) is 0 Å². The second kappa shape index (κ2) is 9.29. The number of amides is 1. The monoisotopic (exact) mass is 458 g/mol. The Bertz CT molecular complexity index is 893. The molecule has 0 fully saturated rings. The molecule has 2 heterocycles. The predicted octanol–water partition coefficient (Wildman–Crippen LogP) is 6.93. The zero-order valence-electron chi connectivity index (χ0n) is 18.1. The number of carbonyl (C=O) groups excluding carboxylic acids is 1. The lowest BCUT2D eigenvalue weighted by Gasteiger charge is -2.27. The van der Waals surface area contributed by atoms with Crippen molar-refractivity contribution in [2.24, 2.45) is 0 Å². The normalized spacial score (nSPS) is 15.9. The van der Waals surface area contributed by atoms with Gasteiger partial charge in [0.2, 0.25) is 11.8 Å². The first-order valence-electron chi connectivity index (χ1n) is 10.8. The molecule has 0 aliphatic carbocycles. The molecular weight excluding hydrogens is 428 g/mol. The van der Waals surface area contributed by atoms with Crippen molar-refractivity contribution >= 4 is 27.5 Å². The fraction of sp³-hybridized carbons (Fsp3) is 0.500. The summed E-state index contributed by atoms with van der Waals surface area (Å²) in [6.45, 7) is 10.5. The minimum absolute atomic E-state index is 0.172. The smallest absolute Gasteiger partial charge is 0.235 e. The van der Waals surface area contributed by atoms with E-state index in [1.165, 1.54) is 5.56 Å². The van der Waals surface area contributed by atoms with E-state index >= 15 is 0 Å². The van der Waals surface area contributed by atoms with E-state index in [4.69, 9.17) is 9.72 Å². The molecule has 2 aromatic rings. The third kappa shape index (κ3) is 4.20. The number of carbonyl (C=O) groups is 1. The van der Waals surface area contributed by atoms with E-state index in [9.17, 15) is 4.79 Å². The van der Waals surface area contributed by atoms with Crippen molar-refractivity contribution in [1.82, 2.24) is 4.98 Å². The number of nitrogens with zero attached hydrogens (tertiary/aromatic N) is 2. The van der Waals surface area contributed by atoms with Crippen LogP contribution in [-0.4, -0.2) is 16.9 Å². The van der Waals surface area contributed by atoms with Gasteiger partial charge >= 0.3 is 0 Å². The average Bonchev–Trinajstić information content (AvgIpc) is 2.97. The Hall–Kier alpha value is -1.88. The minimum atomic E-state index is -0.202. The van der Waals surface area contributed by atoms with Crippen molar-refractivity contribution < 1.29 is 9.53 Å². The van der Waals surface area contributed by atoms with Gasteiger partial charge < -0.3 is 9.64 Å². The molecule has 1 aromatic heterocycles. The maximum atomic E-state index is 13.3. The lowest BCUT2D eigenvalue weighted by molar-refractivity contribution is -0.119. The summed E-state index contributed by atoms with van der Waals surface area (Å²) in [7, 11) is 0. The molecular formula is C24H31BrN2O2. The SMILES string of the molecule is CCCc1ccc(Oc2nc(C)cc3c2C(CC)C(=O)N3C(CC)CC)c(Br)c1. The fourth-order valence-corrected chi connectivity index (χ4v) is 4.74. The number of ether oxygens (including phenoxy) is 1. The van der Waals surface area contributed by atoms with Gasteiger partial charge in [-0.3, -0.25) is 4.79 Å². The van der Waals surface area contributed by atoms with Crippen LogP contribution in [0.5, 0.6) is 11.6 Å². The third-order valence-corrected chi connectivity index (χ3v) is 6.35. The summed E-state index contributed by atoms with van der Waals surface area (Å²) in [5.74, 6) is 1.25. The lowest BCUT2D eigenvalue weighted by Crippen LogP contribution is -2.38. The van der Waals surface area contributed by atoms with Gasteiger partial charge in [-0.15, -0.1) is 0 Å². The molecule has 4 nitrogen and oxygen atoms in total. The van der Waals surface area contributed by atoms with Gasteiger partial charge in [-0.25, -0.2) is 4.98 Å². The van der Waals surface area contributed by atoms with Crippen LogP contribution in [0.3, 0.4) is 0 Å². The molecule has 156 valence electrons. The summed E-state index contributed by atoms with van der Waals surface area (Å²) >= 11 is 3.65. The molecule has 3 rings (SSSR count). The standard InChI is InChI=1S/C24H31BrN2O2/c1-6-10-16-11-12-21(19(25)14-16)29-23-22-18(9-4)24(28)27(17(7-2)8-3)20(22)13-15(5)26-23/h11-14,17-18H,6-10H2,1-5H3. The predicted molar refractivity (Wildman–Crippen MR) is 122 cm³/mol. The van der Waals surface area contributed by atoms with Crippen LogP contribution in [0.4, 0.5) is 5.69 Å². The van der Waals surface area contributed by atoms with Gasteiger partial charge in [-0.2, -0.15) is 0 Å². The highest BCUT2D eigenvalue weighted by molar-refractivity contribution is 9.10. The molecule has 1 aliphatic rings. The van der Waals surface area contributed by atoms with Gasteiger partial charge in [0.25, 0.3) is 0 Å². The molecule has 0 spiro atoms. The van der Waals surface area contributed by atoms with E-state index < -0.39 is 0 Å². The molecule has 0 saturated carbocycles. The fourth-order valence-electron chi connectivity index (χ4n) is 4.24. The number of pyridine rings is 1. The second-order valence-corrected chi connectivity index (χ2v) is 8.61. The van der Waals surface area contributed by atoms with Crippen LogP contribution in [0.25, 0.3) is 0 Å². The van der Waals surface area contributed by atoms with Crippen molar-refractivity contribution in [1.29, 1.82) is 0 Å². The van der Waals surface area contributed by atoms with Gasteiger partial charge in [0.05, 0.1) is 21.6 Å². The first kappa shape index (κ1) is 21.8.